The van der Waals surface area contributed by atoms with Gasteiger partial charge in [-0.15, -0.1) is 11.3 Å². The number of fused-ring (bicyclic) bond motifs is 2. The molecule has 0 radical (unpaired) electrons. The molecule has 1 amide bonds. The highest BCUT2D eigenvalue weighted by Gasteiger charge is 2.25. The number of rotatable bonds is 5. The van der Waals surface area contributed by atoms with E-state index in [1.807, 2.05) is 32.9 Å². The van der Waals surface area contributed by atoms with Crippen LogP contribution < -0.4 is 10.6 Å². The van der Waals surface area contributed by atoms with E-state index in [0.29, 0.717) is 17.8 Å². The highest BCUT2D eigenvalue weighted by molar-refractivity contribution is 7.13. The Hall–Kier alpha value is -4.44. The molecule has 0 spiro atoms. The minimum Gasteiger partial charge on any atom is -0.352 e. The van der Waals surface area contributed by atoms with Crippen LogP contribution in [0.15, 0.2) is 61.3 Å². The number of hydrogen-bond donors (Lipinski definition) is 3. The first-order valence-electron chi connectivity index (χ1n) is 13.0. The number of anilines is 2. The summed E-state index contributed by atoms with van der Waals surface area (Å²) in [4.78, 5) is 26.7. The molecule has 1 aliphatic rings. The lowest BCUT2D eigenvalue weighted by atomic mass is 9.90. The second-order valence-corrected chi connectivity index (χ2v) is 12.2. The fraction of sp³-hybridized carbons (Fsp3) is 0.233. The van der Waals surface area contributed by atoms with E-state index >= 15 is 0 Å². The first-order chi connectivity index (χ1) is 19.1. The van der Waals surface area contributed by atoms with Gasteiger partial charge in [0.15, 0.2) is 5.13 Å². The number of H-pyrrole nitrogens is 1. The van der Waals surface area contributed by atoms with Crippen molar-refractivity contribution in [3.8, 4) is 21.7 Å². The number of nitrogens with one attached hydrogen (secondary N) is 3. The molecule has 5 aromatic rings. The third-order valence-electron chi connectivity index (χ3n) is 6.68. The maximum Gasteiger partial charge on any atom is 0.224 e. The second-order valence-electron chi connectivity index (χ2n) is 11.2. The van der Waals surface area contributed by atoms with Gasteiger partial charge < -0.3 is 10.6 Å². The Morgan fingerprint density at radius 1 is 1.10 bits per heavy atom. The summed E-state index contributed by atoms with van der Waals surface area (Å²) in [5.41, 5.74) is 7.25. The number of amides is 1. The summed E-state index contributed by atoms with van der Waals surface area (Å²) in [5.74, 6) is -0.0152. The molecule has 1 unspecified atom stereocenters. The highest BCUT2D eigenvalue weighted by atomic mass is 32.1. The topological polar surface area (TPSA) is 108 Å². The molecule has 6 rings (SSSR count). The molecule has 0 saturated heterocycles. The smallest absolute Gasteiger partial charge is 0.224 e. The van der Waals surface area contributed by atoms with Crippen LogP contribution in [-0.2, 0) is 4.79 Å². The number of halogens is 1. The predicted molar refractivity (Wildman–Crippen MR) is 157 cm³/mol. The van der Waals surface area contributed by atoms with Crippen LogP contribution in [-0.4, -0.2) is 31.1 Å². The number of carbonyl (C=O) groups excluding carboxylic acids is 1. The molecule has 0 bridgehead atoms. The SMILES string of the molecule is CC1C=C(c2n[nH]c3cnc(-c4cncc(NC(=O)CC(C)(C)C)c4)cc23)Nc2cncc(-c3ccc(F)s3)c21. The van der Waals surface area contributed by atoms with Crippen molar-refractivity contribution < 1.29 is 9.18 Å². The Morgan fingerprint density at radius 2 is 1.93 bits per heavy atom. The Morgan fingerprint density at radius 3 is 2.70 bits per heavy atom. The number of nitrogens with zero attached hydrogens (tertiary/aromatic N) is 4. The van der Waals surface area contributed by atoms with Gasteiger partial charge in [0.2, 0.25) is 5.91 Å². The van der Waals surface area contributed by atoms with Crippen LogP contribution in [0.1, 0.15) is 51.3 Å². The van der Waals surface area contributed by atoms with Gasteiger partial charge in [0.25, 0.3) is 0 Å². The van der Waals surface area contributed by atoms with Gasteiger partial charge in [-0.3, -0.25) is 24.8 Å². The van der Waals surface area contributed by atoms with Gasteiger partial charge in [0, 0.05) is 46.1 Å². The number of aromatic amines is 1. The molecule has 6 heterocycles. The molecule has 0 aliphatic carbocycles. The van der Waals surface area contributed by atoms with E-state index in [-0.39, 0.29) is 22.4 Å². The molecule has 0 saturated carbocycles. The van der Waals surface area contributed by atoms with Crippen molar-refractivity contribution in [2.45, 2.75) is 40.0 Å². The summed E-state index contributed by atoms with van der Waals surface area (Å²) in [5, 5.41) is 14.8. The molecule has 1 atom stereocenters. The third kappa shape index (κ3) is 5.10. The molecule has 3 N–H and O–H groups in total. The standard InChI is InChI=1S/C30H28FN7OS/c1-16-7-22(36-24-14-33-13-20(28(16)24)25-5-6-26(31)40-25)29-19-9-21(34-15-23(19)37-38-29)17-8-18(12-32-11-17)35-27(39)10-30(2,3)4/h5-9,11-16,36H,10H2,1-4H3,(H,35,39)(H,37,38). The predicted octanol–water partition coefficient (Wildman–Crippen LogP) is 7.23. The lowest BCUT2D eigenvalue weighted by Crippen LogP contribution is -2.19. The van der Waals surface area contributed by atoms with E-state index < -0.39 is 0 Å². The van der Waals surface area contributed by atoms with Gasteiger partial charge in [-0.1, -0.05) is 33.8 Å². The summed E-state index contributed by atoms with van der Waals surface area (Å²) >= 11 is 1.11. The normalized spacial score (nSPS) is 14.9. The average molecular weight is 554 g/mol. The molecule has 8 nitrogen and oxygen atoms in total. The van der Waals surface area contributed by atoms with Crippen LogP contribution in [0, 0.1) is 10.5 Å². The van der Waals surface area contributed by atoms with Crippen LogP contribution in [0.3, 0.4) is 0 Å². The van der Waals surface area contributed by atoms with Gasteiger partial charge in [0.05, 0.1) is 46.9 Å². The van der Waals surface area contributed by atoms with Crippen molar-refractivity contribution in [3.05, 3.63) is 77.7 Å². The van der Waals surface area contributed by atoms with Crippen molar-refractivity contribution in [3.63, 3.8) is 0 Å². The number of thiophene rings is 1. The van der Waals surface area contributed by atoms with Gasteiger partial charge in [-0.2, -0.15) is 9.49 Å². The quantitative estimate of drug-likeness (QED) is 0.212. The number of aromatic nitrogens is 5. The fourth-order valence-electron chi connectivity index (χ4n) is 4.99. The van der Waals surface area contributed by atoms with E-state index in [9.17, 15) is 9.18 Å². The summed E-state index contributed by atoms with van der Waals surface area (Å²) in [6, 6.07) is 7.11. The zero-order valence-corrected chi connectivity index (χ0v) is 23.4. The minimum atomic E-state index is -0.222. The molecule has 5 aromatic heterocycles. The number of pyridine rings is 3. The van der Waals surface area contributed by atoms with E-state index in [0.717, 1.165) is 60.9 Å². The molecular formula is C30H28FN7OS. The van der Waals surface area contributed by atoms with Gasteiger partial charge in [-0.05, 0) is 35.2 Å². The molecule has 1 aliphatic heterocycles. The van der Waals surface area contributed by atoms with E-state index in [1.54, 1.807) is 37.1 Å². The monoisotopic (exact) mass is 553 g/mol. The Kier molecular flexibility index (Phi) is 6.42. The van der Waals surface area contributed by atoms with Gasteiger partial charge in [-0.25, -0.2) is 0 Å². The van der Waals surface area contributed by atoms with Gasteiger partial charge in [0.1, 0.15) is 5.69 Å². The van der Waals surface area contributed by atoms with Crippen molar-refractivity contribution in [1.82, 2.24) is 25.1 Å². The van der Waals surface area contributed by atoms with Crippen molar-refractivity contribution in [2.24, 2.45) is 5.41 Å². The Balaban J connectivity index is 1.32. The third-order valence-corrected chi connectivity index (χ3v) is 7.59. The molecule has 0 fully saturated rings. The minimum absolute atomic E-state index is 0.0417. The number of carbonyl (C=O) groups is 1. The number of hydrogen-bond acceptors (Lipinski definition) is 7. The van der Waals surface area contributed by atoms with Crippen LogP contribution >= 0.6 is 11.3 Å². The van der Waals surface area contributed by atoms with Crippen LogP contribution in [0.5, 0.6) is 0 Å². The first kappa shape index (κ1) is 25.8. The zero-order chi connectivity index (χ0) is 28.0. The zero-order valence-electron chi connectivity index (χ0n) is 22.5. The molecule has 40 heavy (non-hydrogen) atoms. The van der Waals surface area contributed by atoms with E-state index in [1.165, 1.54) is 6.07 Å². The van der Waals surface area contributed by atoms with Crippen LogP contribution in [0.25, 0.3) is 38.3 Å². The summed E-state index contributed by atoms with van der Waals surface area (Å²) < 4.78 is 13.8. The second kappa shape index (κ2) is 9.95. The fourth-order valence-corrected chi connectivity index (χ4v) is 5.74. The lowest BCUT2D eigenvalue weighted by Gasteiger charge is -2.25. The van der Waals surface area contributed by atoms with Crippen molar-refractivity contribution in [2.75, 3.05) is 10.6 Å². The summed E-state index contributed by atoms with van der Waals surface area (Å²) in [6.45, 7) is 8.19. The van der Waals surface area contributed by atoms with Crippen LogP contribution in [0.2, 0.25) is 0 Å². The Bertz CT molecular complexity index is 1780. The molecule has 202 valence electrons. The lowest BCUT2D eigenvalue weighted by molar-refractivity contribution is -0.117. The maximum absolute atomic E-state index is 13.8. The summed E-state index contributed by atoms with van der Waals surface area (Å²) in [6.07, 6.45) is 11.2. The van der Waals surface area contributed by atoms with E-state index in [4.69, 9.17) is 0 Å². The highest BCUT2D eigenvalue weighted by Crippen LogP contribution is 2.42. The molecule has 0 aromatic carbocycles. The first-order valence-corrected chi connectivity index (χ1v) is 13.8. The van der Waals surface area contributed by atoms with E-state index in [2.05, 4.69) is 48.8 Å². The largest absolute Gasteiger partial charge is 0.352 e. The average Bonchev–Trinajstić information content (AvgIpc) is 3.53. The summed E-state index contributed by atoms with van der Waals surface area (Å²) in [7, 11) is 0. The van der Waals surface area contributed by atoms with Crippen molar-refractivity contribution >= 4 is 45.2 Å². The van der Waals surface area contributed by atoms with Crippen LogP contribution in [0.4, 0.5) is 15.8 Å². The Labute approximate surface area is 234 Å². The van der Waals surface area contributed by atoms with Crippen molar-refractivity contribution in [1.29, 1.82) is 0 Å². The molecular weight excluding hydrogens is 525 g/mol. The maximum atomic E-state index is 13.8. The number of allylic oxidation sites excluding steroid dienone is 1. The van der Waals surface area contributed by atoms with Gasteiger partial charge >= 0.3 is 0 Å². The molecule has 10 heteroatoms.